The molecule has 0 aromatic carbocycles. The van der Waals surface area contributed by atoms with Crippen molar-refractivity contribution in [1.82, 2.24) is 0 Å². The third-order valence-corrected chi connectivity index (χ3v) is 2.04. The summed E-state index contributed by atoms with van der Waals surface area (Å²) in [6, 6.07) is 0. The molecule has 0 unspecified atom stereocenters. The molecule has 0 N–H and O–H groups in total. The third kappa shape index (κ3) is 0.348. The van der Waals surface area contributed by atoms with Crippen LogP contribution in [-0.2, 0) is 9.53 Å². The Morgan fingerprint density at radius 3 is 2.75 bits per heavy atom. The predicted molar refractivity (Wildman–Crippen MR) is 27.5 cm³/mol. The lowest BCUT2D eigenvalue weighted by Gasteiger charge is -1.92. The molecule has 1 saturated carbocycles. The van der Waals surface area contributed by atoms with Gasteiger partial charge >= 0.3 is 0 Å². The molecule has 1 saturated heterocycles. The molecule has 2 aliphatic rings. The molecule has 2 fully saturated rings. The summed E-state index contributed by atoms with van der Waals surface area (Å²) >= 11 is 0. The summed E-state index contributed by atoms with van der Waals surface area (Å²) in [5.41, 5.74) is -0.0168. The van der Waals surface area contributed by atoms with Crippen LogP contribution in [0.5, 0.6) is 0 Å². The van der Waals surface area contributed by atoms with E-state index in [4.69, 9.17) is 4.74 Å². The van der Waals surface area contributed by atoms with Crippen LogP contribution in [-0.4, -0.2) is 17.5 Å². The van der Waals surface area contributed by atoms with Gasteiger partial charge in [0.05, 0.1) is 0 Å². The van der Waals surface area contributed by atoms with E-state index in [1.54, 1.807) is 0 Å². The van der Waals surface area contributed by atoms with Crippen LogP contribution in [0.15, 0.2) is 0 Å². The van der Waals surface area contributed by atoms with Gasteiger partial charge in [-0.3, -0.25) is 4.79 Å². The summed E-state index contributed by atoms with van der Waals surface area (Å²) in [4.78, 5) is 10.7. The number of ketones is 1. The minimum Gasteiger partial charge on any atom is -0.358 e. The maximum atomic E-state index is 10.7. The molecule has 0 aromatic rings. The van der Waals surface area contributed by atoms with E-state index in [1.165, 1.54) is 0 Å². The number of fused-ring (bicyclic) bond motifs is 1. The van der Waals surface area contributed by atoms with Gasteiger partial charge in [-0.05, 0) is 13.3 Å². The van der Waals surface area contributed by atoms with Crippen molar-refractivity contribution in [2.75, 3.05) is 0 Å². The average molecular weight is 112 g/mol. The van der Waals surface area contributed by atoms with Crippen LogP contribution in [0.25, 0.3) is 0 Å². The zero-order valence-corrected chi connectivity index (χ0v) is 4.81. The maximum absolute atomic E-state index is 10.7. The minimum absolute atomic E-state index is 0.0116. The lowest BCUT2D eigenvalue weighted by Crippen LogP contribution is -2.02. The van der Waals surface area contributed by atoms with E-state index in [0.29, 0.717) is 5.78 Å². The standard InChI is InChI=1S/C6H8O2/c1-6-3-2-4(7)5(6)8-6/h5H,2-3H2,1H3/t5-,6-/m1/s1. The number of epoxide rings is 1. The Balaban J connectivity index is 2.26. The van der Waals surface area contributed by atoms with Gasteiger partial charge in [0.2, 0.25) is 0 Å². The number of carbonyl (C=O) groups is 1. The Bertz CT molecular complexity index is 153. The van der Waals surface area contributed by atoms with Gasteiger partial charge in [-0.15, -0.1) is 0 Å². The molecule has 44 valence electrons. The highest BCUT2D eigenvalue weighted by molar-refractivity contribution is 5.89. The summed E-state index contributed by atoms with van der Waals surface area (Å²) in [5, 5.41) is 0. The van der Waals surface area contributed by atoms with Crippen molar-refractivity contribution in [1.29, 1.82) is 0 Å². The second-order valence-corrected chi connectivity index (χ2v) is 2.78. The molecule has 8 heavy (non-hydrogen) atoms. The molecule has 0 spiro atoms. The highest BCUT2D eigenvalue weighted by atomic mass is 16.6. The lowest BCUT2D eigenvalue weighted by molar-refractivity contribution is -0.119. The van der Waals surface area contributed by atoms with Crippen molar-refractivity contribution >= 4 is 5.78 Å². The fraction of sp³-hybridized carbons (Fsp3) is 0.833. The molecule has 1 heterocycles. The monoisotopic (exact) mass is 112 g/mol. The molecule has 0 aromatic heterocycles. The molecule has 2 nitrogen and oxygen atoms in total. The van der Waals surface area contributed by atoms with Gasteiger partial charge in [-0.2, -0.15) is 0 Å². The highest BCUT2D eigenvalue weighted by Gasteiger charge is 2.60. The Kier molecular flexibility index (Phi) is 0.553. The number of carbonyl (C=O) groups excluding carboxylic acids is 1. The van der Waals surface area contributed by atoms with Crippen LogP contribution in [0.1, 0.15) is 19.8 Å². The first kappa shape index (κ1) is 4.50. The van der Waals surface area contributed by atoms with Crippen LogP contribution < -0.4 is 0 Å². The molecule has 0 bridgehead atoms. The van der Waals surface area contributed by atoms with Crippen LogP contribution in [0.4, 0.5) is 0 Å². The van der Waals surface area contributed by atoms with E-state index in [-0.39, 0.29) is 11.7 Å². The third-order valence-electron chi connectivity index (χ3n) is 2.04. The van der Waals surface area contributed by atoms with Crippen LogP contribution in [0.2, 0.25) is 0 Å². The van der Waals surface area contributed by atoms with Gasteiger partial charge in [-0.1, -0.05) is 0 Å². The van der Waals surface area contributed by atoms with E-state index in [1.807, 2.05) is 6.92 Å². The molecule has 1 aliphatic carbocycles. The van der Waals surface area contributed by atoms with Crippen molar-refractivity contribution in [3.05, 3.63) is 0 Å². The largest absolute Gasteiger partial charge is 0.358 e. The molecular weight excluding hydrogens is 104 g/mol. The van der Waals surface area contributed by atoms with Gasteiger partial charge in [0, 0.05) is 6.42 Å². The van der Waals surface area contributed by atoms with Gasteiger partial charge in [0.25, 0.3) is 0 Å². The first-order valence-corrected chi connectivity index (χ1v) is 2.93. The van der Waals surface area contributed by atoms with Gasteiger partial charge < -0.3 is 4.74 Å². The summed E-state index contributed by atoms with van der Waals surface area (Å²) in [5.74, 6) is 0.299. The average Bonchev–Trinajstić information content (AvgIpc) is 2.32. The molecule has 2 heteroatoms. The van der Waals surface area contributed by atoms with E-state index in [2.05, 4.69) is 0 Å². The predicted octanol–water partition coefficient (Wildman–Crippen LogP) is 0.507. The Morgan fingerprint density at radius 2 is 2.62 bits per heavy atom. The summed E-state index contributed by atoms with van der Waals surface area (Å²) < 4.78 is 5.10. The second-order valence-electron chi connectivity index (χ2n) is 2.78. The van der Waals surface area contributed by atoms with Crippen molar-refractivity contribution in [3.8, 4) is 0 Å². The number of hydrogen-bond acceptors (Lipinski definition) is 2. The molecular formula is C6H8O2. The SMILES string of the molecule is C[C@@]12CCC(=O)[C@H]1O2. The van der Waals surface area contributed by atoms with Gasteiger partial charge in [0.15, 0.2) is 5.78 Å². The van der Waals surface area contributed by atoms with E-state index < -0.39 is 0 Å². The smallest absolute Gasteiger partial charge is 0.164 e. The van der Waals surface area contributed by atoms with E-state index in [0.717, 1.165) is 12.8 Å². The second kappa shape index (κ2) is 0.982. The Labute approximate surface area is 47.8 Å². The van der Waals surface area contributed by atoms with Crippen LogP contribution in [0.3, 0.4) is 0 Å². The maximum Gasteiger partial charge on any atom is 0.164 e. The zero-order chi connectivity index (χ0) is 5.78. The normalized spacial score (nSPS) is 51.6. The topological polar surface area (TPSA) is 29.6 Å². The number of Topliss-reactive ketones (excluding diaryl/α,β-unsaturated/α-hetero) is 1. The number of hydrogen-bond donors (Lipinski definition) is 0. The van der Waals surface area contributed by atoms with E-state index >= 15 is 0 Å². The lowest BCUT2D eigenvalue weighted by atomic mass is 10.1. The minimum atomic E-state index is -0.0168. The van der Waals surface area contributed by atoms with Crippen molar-refractivity contribution in [3.63, 3.8) is 0 Å². The summed E-state index contributed by atoms with van der Waals surface area (Å²) in [7, 11) is 0. The van der Waals surface area contributed by atoms with Crippen LogP contribution >= 0.6 is 0 Å². The van der Waals surface area contributed by atoms with Crippen molar-refractivity contribution in [2.24, 2.45) is 0 Å². The fourth-order valence-corrected chi connectivity index (χ4v) is 1.33. The van der Waals surface area contributed by atoms with Crippen LogP contribution in [0, 0.1) is 0 Å². The molecule has 0 radical (unpaired) electrons. The van der Waals surface area contributed by atoms with Crippen molar-refractivity contribution < 1.29 is 9.53 Å². The van der Waals surface area contributed by atoms with Gasteiger partial charge in [0.1, 0.15) is 11.7 Å². The molecule has 0 amide bonds. The Morgan fingerprint density at radius 1 is 1.88 bits per heavy atom. The quantitative estimate of drug-likeness (QED) is 0.427. The van der Waals surface area contributed by atoms with E-state index in [9.17, 15) is 4.79 Å². The summed E-state index contributed by atoms with van der Waals surface area (Å²) in [6.45, 7) is 2.00. The number of ether oxygens (including phenoxy) is 1. The first-order valence-electron chi connectivity index (χ1n) is 2.93. The fourth-order valence-electron chi connectivity index (χ4n) is 1.33. The molecule has 2 rings (SSSR count). The highest BCUT2D eigenvalue weighted by Crippen LogP contribution is 2.46. The number of rotatable bonds is 0. The molecule has 2 atom stereocenters. The summed E-state index contributed by atoms with van der Waals surface area (Å²) in [6.07, 6.45) is 1.67. The first-order chi connectivity index (χ1) is 3.72. The van der Waals surface area contributed by atoms with Gasteiger partial charge in [-0.25, -0.2) is 0 Å². The van der Waals surface area contributed by atoms with Crippen molar-refractivity contribution in [2.45, 2.75) is 31.5 Å². The zero-order valence-electron chi connectivity index (χ0n) is 4.81. The Hall–Kier alpha value is -0.370. The molecule has 1 aliphatic heterocycles.